The Morgan fingerprint density at radius 1 is 1.35 bits per heavy atom. The summed E-state index contributed by atoms with van der Waals surface area (Å²) < 4.78 is 3.33. The monoisotopic (exact) mass is 407 g/mol. The van der Waals surface area contributed by atoms with E-state index in [2.05, 4.69) is 16.9 Å². The molecule has 1 unspecified atom stereocenters. The third-order valence-corrected chi connectivity index (χ3v) is 7.20. The first-order valence-corrected chi connectivity index (χ1v) is 11.3. The summed E-state index contributed by atoms with van der Waals surface area (Å²) in [5.74, 6) is 0.219. The average molecular weight is 408 g/mol. The second kappa shape index (κ2) is 9.15. The molecule has 1 amide bonds. The molecule has 0 N–H and O–H groups in total. The van der Waals surface area contributed by atoms with Gasteiger partial charge in [0.2, 0.25) is 5.91 Å². The Balaban J connectivity index is 1.70. The molecule has 1 fully saturated rings. The number of benzene rings is 1. The molecular formula is C19H25N3OS3. The van der Waals surface area contributed by atoms with Crippen molar-refractivity contribution in [1.82, 2.24) is 14.7 Å². The van der Waals surface area contributed by atoms with E-state index in [1.54, 1.807) is 4.68 Å². The number of hydrogen-bond donors (Lipinski definition) is 0. The number of nitrogens with zero attached hydrogens (tertiary/aromatic N) is 3. The molecule has 0 aliphatic heterocycles. The number of para-hydroxylation sites is 1. The third kappa shape index (κ3) is 4.56. The van der Waals surface area contributed by atoms with Gasteiger partial charge >= 0.3 is 0 Å². The zero-order valence-corrected chi connectivity index (χ0v) is 17.7. The number of amides is 1. The molecule has 26 heavy (non-hydrogen) atoms. The van der Waals surface area contributed by atoms with Gasteiger partial charge in [0.25, 0.3) is 0 Å². The average Bonchev–Trinajstić information content (AvgIpc) is 3.04. The minimum atomic E-state index is -0.151. The molecule has 1 aromatic heterocycles. The molecule has 1 heterocycles. The van der Waals surface area contributed by atoms with Crippen LogP contribution in [0.2, 0.25) is 0 Å². The van der Waals surface area contributed by atoms with Crippen LogP contribution in [-0.4, -0.2) is 38.4 Å². The normalized spacial score (nSPS) is 16.4. The summed E-state index contributed by atoms with van der Waals surface area (Å²) in [6.07, 6.45) is 6.04. The second-order valence-corrected chi connectivity index (χ2v) is 9.77. The molecule has 140 valence electrons. The Kier molecular flexibility index (Phi) is 6.89. The lowest BCUT2D eigenvalue weighted by molar-refractivity contribution is -0.133. The van der Waals surface area contributed by atoms with Crippen molar-refractivity contribution in [2.24, 2.45) is 0 Å². The van der Waals surface area contributed by atoms with E-state index in [4.69, 9.17) is 12.2 Å². The minimum absolute atomic E-state index is 0.151. The summed E-state index contributed by atoms with van der Waals surface area (Å²) in [7, 11) is 0. The molecule has 0 spiro atoms. The van der Waals surface area contributed by atoms with Gasteiger partial charge in [0.15, 0.2) is 8.29 Å². The molecule has 1 aliphatic rings. The van der Waals surface area contributed by atoms with E-state index in [1.165, 1.54) is 42.4 Å². The highest BCUT2D eigenvalue weighted by Crippen LogP contribution is 2.30. The van der Waals surface area contributed by atoms with Crippen molar-refractivity contribution >= 4 is 41.2 Å². The lowest BCUT2D eigenvalue weighted by atomic mass is 9.94. The number of rotatable bonds is 6. The van der Waals surface area contributed by atoms with Crippen molar-refractivity contribution in [2.75, 3.05) is 6.54 Å². The van der Waals surface area contributed by atoms with E-state index in [-0.39, 0.29) is 11.2 Å². The quantitative estimate of drug-likeness (QED) is 0.479. The van der Waals surface area contributed by atoms with Gasteiger partial charge in [-0.05, 0) is 51.0 Å². The molecule has 1 aliphatic carbocycles. The molecule has 3 rings (SSSR count). The van der Waals surface area contributed by atoms with Gasteiger partial charge < -0.3 is 4.90 Å². The molecule has 0 radical (unpaired) electrons. The third-order valence-electron chi connectivity index (χ3n) is 4.79. The first-order valence-electron chi connectivity index (χ1n) is 9.23. The van der Waals surface area contributed by atoms with Crippen LogP contribution in [0.15, 0.2) is 34.7 Å². The fourth-order valence-corrected chi connectivity index (χ4v) is 6.04. The van der Waals surface area contributed by atoms with E-state index in [0.717, 1.165) is 29.4 Å². The van der Waals surface area contributed by atoms with Gasteiger partial charge in [-0.15, -0.1) is 5.10 Å². The highest BCUT2D eigenvalue weighted by atomic mass is 32.2. The molecule has 0 bridgehead atoms. The summed E-state index contributed by atoms with van der Waals surface area (Å²) in [6.45, 7) is 4.84. The van der Waals surface area contributed by atoms with Crippen LogP contribution in [0.25, 0.3) is 5.69 Å². The topological polar surface area (TPSA) is 38.1 Å². The van der Waals surface area contributed by atoms with Gasteiger partial charge in [-0.25, -0.2) is 4.68 Å². The van der Waals surface area contributed by atoms with Gasteiger partial charge in [0.05, 0.1) is 10.9 Å². The van der Waals surface area contributed by atoms with Gasteiger partial charge in [-0.2, -0.15) is 0 Å². The maximum atomic E-state index is 13.0. The van der Waals surface area contributed by atoms with Crippen LogP contribution in [0.1, 0.15) is 46.0 Å². The fourth-order valence-electron chi connectivity index (χ4n) is 3.46. The maximum Gasteiger partial charge on any atom is 0.236 e. The predicted molar refractivity (Wildman–Crippen MR) is 112 cm³/mol. The molecule has 2 aromatic rings. The number of thioether (sulfide) groups is 1. The maximum absolute atomic E-state index is 13.0. The molecular weight excluding hydrogens is 382 g/mol. The van der Waals surface area contributed by atoms with Gasteiger partial charge in [0.1, 0.15) is 0 Å². The van der Waals surface area contributed by atoms with Crippen LogP contribution in [0.4, 0.5) is 0 Å². The SMILES string of the molecule is CCN(C(=O)C(C)Sc1nn(-c2ccccc2)c(=S)s1)C1CCCCC1. The van der Waals surface area contributed by atoms with Crippen LogP contribution >= 0.6 is 35.3 Å². The molecule has 1 atom stereocenters. The van der Waals surface area contributed by atoms with E-state index in [0.29, 0.717) is 10.00 Å². The largest absolute Gasteiger partial charge is 0.339 e. The Hall–Kier alpha value is -1.18. The molecule has 4 nitrogen and oxygen atoms in total. The smallest absolute Gasteiger partial charge is 0.236 e. The highest BCUT2D eigenvalue weighted by molar-refractivity contribution is 8.02. The summed E-state index contributed by atoms with van der Waals surface area (Å²) in [5, 5.41) is 4.47. The lowest BCUT2D eigenvalue weighted by Crippen LogP contribution is -2.44. The van der Waals surface area contributed by atoms with E-state index in [9.17, 15) is 4.79 Å². The highest BCUT2D eigenvalue weighted by Gasteiger charge is 2.28. The van der Waals surface area contributed by atoms with Crippen molar-refractivity contribution in [3.05, 3.63) is 34.3 Å². The Morgan fingerprint density at radius 2 is 2.04 bits per heavy atom. The predicted octanol–water partition coefficient (Wildman–Crippen LogP) is 5.33. The standard InChI is InChI=1S/C19H25N3OS3/c1-3-21(15-10-6-4-7-11-15)17(23)14(2)25-18-20-22(19(24)26-18)16-12-8-5-9-13-16/h5,8-9,12-15H,3-4,6-7,10-11H2,1-2H3. The Labute approximate surface area is 168 Å². The van der Waals surface area contributed by atoms with E-state index >= 15 is 0 Å². The van der Waals surface area contributed by atoms with Crippen molar-refractivity contribution in [3.8, 4) is 5.69 Å². The summed E-state index contributed by atoms with van der Waals surface area (Å²) in [5.41, 5.74) is 0.956. The van der Waals surface area contributed by atoms with Gasteiger partial charge in [-0.1, -0.05) is 60.6 Å². The zero-order valence-electron chi connectivity index (χ0n) is 15.3. The van der Waals surface area contributed by atoms with Crippen LogP contribution in [0.5, 0.6) is 0 Å². The van der Waals surface area contributed by atoms with Gasteiger partial charge in [-0.3, -0.25) is 4.79 Å². The van der Waals surface area contributed by atoms with Crippen LogP contribution < -0.4 is 0 Å². The molecule has 1 saturated carbocycles. The molecule has 0 saturated heterocycles. The van der Waals surface area contributed by atoms with Gasteiger partial charge in [0, 0.05) is 12.6 Å². The number of carbonyl (C=O) groups is 1. The van der Waals surface area contributed by atoms with Crippen LogP contribution in [-0.2, 0) is 4.79 Å². The summed E-state index contributed by atoms with van der Waals surface area (Å²) in [4.78, 5) is 15.1. The fraction of sp³-hybridized carbons (Fsp3) is 0.526. The Morgan fingerprint density at radius 3 is 2.69 bits per heavy atom. The van der Waals surface area contributed by atoms with Crippen LogP contribution in [0, 0.1) is 3.95 Å². The first-order chi connectivity index (χ1) is 12.6. The van der Waals surface area contributed by atoms with E-state index < -0.39 is 0 Å². The lowest BCUT2D eigenvalue weighted by Gasteiger charge is -2.35. The second-order valence-electron chi connectivity index (χ2n) is 6.56. The molecule has 7 heteroatoms. The van der Waals surface area contributed by atoms with Crippen molar-refractivity contribution in [2.45, 2.75) is 61.6 Å². The summed E-state index contributed by atoms with van der Waals surface area (Å²) >= 11 is 8.45. The zero-order chi connectivity index (χ0) is 18.5. The van der Waals surface area contributed by atoms with Crippen molar-refractivity contribution in [3.63, 3.8) is 0 Å². The number of hydrogen-bond acceptors (Lipinski definition) is 5. The minimum Gasteiger partial charge on any atom is -0.339 e. The van der Waals surface area contributed by atoms with Crippen molar-refractivity contribution in [1.29, 1.82) is 0 Å². The number of carbonyl (C=O) groups excluding carboxylic acids is 1. The van der Waals surface area contributed by atoms with Crippen molar-refractivity contribution < 1.29 is 4.79 Å². The summed E-state index contributed by atoms with van der Waals surface area (Å²) in [6, 6.07) is 10.3. The Bertz CT molecular complexity index is 781. The number of aromatic nitrogens is 2. The van der Waals surface area contributed by atoms with Crippen LogP contribution in [0.3, 0.4) is 0 Å². The first kappa shape index (κ1) is 19.6. The van der Waals surface area contributed by atoms with E-state index in [1.807, 2.05) is 37.3 Å². The molecule has 1 aromatic carbocycles.